The molecule has 1 aromatic heterocycles. The molecule has 0 unspecified atom stereocenters. The Kier molecular flexibility index (Phi) is 5.37. The minimum absolute atomic E-state index is 0.0234. The molecule has 9 heteroatoms. The lowest BCUT2D eigenvalue weighted by Gasteiger charge is -2.27. The van der Waals surface area contributed by atoms with Crippen LogP contribution < -0.4 is 14.9 Å². The average Bonchev–Trinajstić information content (AvgIpc) is 2.82. The maximum Gasteiger partial charge on any atom is 0.341 e. The van der Waals surface area contributed by atoms with Crippen LogP contribution >= 0.6 is 0 Å². The van der Waals surface area contributed by atoms with E-state index in [4.69, 9.17) is 19.0 Å². The molecule has 9 nitrogen and oxygen atoms in total. The van der Waals surface area contributed by atoms with Crippen molar-refractivity contribution in [1.29, 1.82) is 0 Å². The van der Waals surface area contributed by atoms with Crippen molar-refractivity contribution < 1.29 is 38.8 Å². The highest BCUT2D eigenvalue weighted by atomic mass is 16.5. The third-order valence-corrected chi connectivity index (χ3v) is 5.72. The summed E-state index contributed by atoms with van der Waals surface area (Å²) in [6, 6.07) is 15.1. The zero-order chi connectivity index (χ0) is 24.7. The summed E-state index contributed by atoms with van der Waals surface area (Å²) in [4.78, 5) is 36.6. The van der Waals surface area contributed by atoms with Crippen molar-refractivity contribution in [2.75, 3.05) is 6.61 Å². The topological polar surface area (TPSA) is 144 Å². The molecule has 1 atom stereocenters. The number of fused-ring (bicyclic) bond motifs is 3. The molecule has 2 heterocycles. The van der Waals surface area contributed by atoms with E-state index in [2.05, 4.69) is 0 Å². The van der Waals surface area contributed by atoms with Gasteiger partial charge in [-0.15, -0.1) is 0 Å². The van der Waals surface area contributed by atoms with Crippen LogP contribution in [0.3, 0.4) is 0 Å². The molecule has 0 bridgehead atoms. The molecular weight excluding hydrogens is 456 g/mol. The number of carbonyl (C=O) groups is 2. The lowest BCUT2D eigenvalue weighted by molar-refractivity contribution is -0.139. The minimum atomic E-state index is -1.16. The van der Waals surface area contributed by atoms with E-state index in [0.29, 0.717) is 16.7 Å². The Morgan fingerprint density at radius 2 is 1.77 bits per heavy atom. The predicted octanol–water partition coefficient (Wildman–Crippen LogP) is 3.78. The molecule has 1 aliphatic rings. The Morgan fingerprint density at radius 1 is 1.03 bits per heavy atom. The fourth-order valence-corrected chi connectivity index (χ4v) is 4.23. The number of phenolic OH excluding ortho intramolecular Hbond substituents is 2. The summed E-state index contributed by atoms with van der Waals surface area (Å²) in [6.45, 7) is -0.586. The first kappa shape index (κ1) is 22.0. The van der Waals surface area contributed by atoms with Crippen LogP contribution in [0.25, 0.3) is 22.3 Å². The van der Waals surface area contributed by atoms with Gasteiger partial charge in [0.25, 0.3) is 0 Å². The molecule has 4 aromatic rings. The fourth-order valence-electron chi connectivity index (χ4n) is 4.23. The summed E-state index contributed by atoms with van der Waals surface area (Å²) >= 11 is 0. The number of carbonyl (C=O) groups excluding carboxylic acids is 1. The van der Waals surface area contributed by atoms with Crippen LogP contribution in [0.2, 0.25) is 0 Å². The summed E-state index contributed by atoms with van der Waals surface area (Å²) in [7, 11) is 0. The lowest BCUT2D eigenvalue weighted by Crippen LogP contribution is -2.22. The van der Waals surface area contributed by atoms with Crippen molar-refractivity contribution in [3.63, 3.8) is 0 Å². The Balaban J connectivity index is 1.76. The summed E-state index contributed by atoms with van der Waals surface area (Å²) < 4.78 is 16.9. The van der Waals surface area contributed by atoms with Crippen molar-refractivity contribution in [3.05, 3.63) is 82.0 Å². The van der Waals surface area contributed by atoms with Gasteiger partial charge < -0.3 is 29.2 Å². The van der Waals surface area contributed by atoms with Gasteiger partial charge in [-0.1, -0.05) is 18.2 Å². The van der Waals surface area contributed by atoms with Gasteiger partial charge in [0.1, 0.15) is 39.7 Å². The number of carboxylic acids is 1. The zero-order valence-corrected chi connectivity index (χ0v) is 18.1. The molecule has 3 N–H and O–H groups in total. The molecule has 0 fully saturated rings. The van der Waals surface area contributed by atoms with Gasteiger partial charge in [-0.05, 0) is 30.3 Å². The van der Waals surface area contributed by atoms with Crippen LogP contribution in [0.15, 0.2) is 69.9 Å². The first-order chi connectivity index (χ1) is 16.8. The van der Waals surface area contributed by atoms with E-state index in [1.807, 2.05) is 0 Å². The van der Waals surface area contributed by atoms with Gasteiger partial charge in [-0.3, -0.25) is 9.59 Å². The molecular formula is C26H18O9. The molecule has 0 saturated carbocycles. The first-order valence-corrected chi connectivity index (χ1v) is 10.6. The highest BCUT2D eigenvalue weighted by Crippen LogP contribution is 2.47. The number of carboxylic acid groups (broad SMARTS) is 1. The Bertz CT molecular complexity index is 1530. The zero-order valence-electron chi connectivity index (χ0n) is 18.1. The Labute approximate surface area is 197 Å². The number of aromatic hydroxyl groups is 2. The second-order valence-electron chi connectivity index (χ2n) is 7.98. The normalized spacial score (nSPS) is 14.9. The molecule has 0 radical (unpaired) electrons. The molecule has 5 rings (SSSR count). The lowest BCUT2D eigenvalue weighted by atomic mass is 9.84. The number of rotatable bonds is 5. The second kappa shape index (κ2) is 8.53. The van der Waals surface area contributed by atoms with E-state index < -0.39 is 35.6 Å². The summed E-state index contributed by atoms with van der Waals surface area (Å²) in [5, 5.41) is 29.1. The van der Waals surface area contributed by atoms with Gasteiger partial charge in [-0.25, -0.2) is 4.79 Å². The molecule has 176 valence electrons. The predicted molar refractivity (Wildman–Crippen MR) is 123 cm³/mol. The van der Waals surface area contributed by atoms with Crippen molar-refractivity contribution in [1.82, 2.24) is 0 Å². The molecule has 1 aliphatic heterocycles. The molecule has 0 aliphatic carbocycles. The standard InChI is InChI=1S/C26H18O9/c27-14-7-5-13(6-8-14)20-10-17(28)25-18(29)11-21-24(26(25)35-20)16(9-23(32)34-21)15-3-1-2-4-19(15)33-12-22(30)31/h1-8,10-11,16,27,29H,9,12H2,(H,30,31)/t16-/m1/s1. The molecule has 0 spiro atoms. The van der Waals surface area contributed by atoms with E-state index in [-0.39, 0.29) is 40.4 Å². The fraction of sp³-hybridized carbons (Fsp3) is 0.115. The Hall–Kier alpha value is -4.79. The maximum atomic E-state index is 13.0. The second-order valence-corrected chi connectivity index (χ2v) is 7.98. The SMILES string of the molecule is O=C(O)COc1ccccc1[C@H]1CC(=O)Oc2cc(O)c3c(=O)cc(-c4ccc(O)cc4)oc3c21. The Morgan fingerprint density at radius 3 is 2.51 bits per heavy atom. The highest BCUT2D eigenvalue weighted by Gasteiger charge is 2.35. The number of hydrogen-bond acceptors (Lipinski definition) is 8. The van der Waals surface area contributed by atoms with Gasteiger partial charge in [0.15, 0.2) is 12.0 Å². The van der Waals surface area contributed by atoms with Gasteiger partial charge in [0, 0.05) is 34.7 Å². The quantitative estimate of drug-likeness (QED) is 0.291. The van der Waals surface area contributed by atoms with Crippen molar-refractivity contribution in [2.24, 2.45) is 0 Å². The number of ether oxygens (including phenoxy) is 2. The number of benzene rings is 3. The maximum absolute atomic E-state index is 13.0. The summed E-state index contributed by atoms with van der Waals surface area (Å²) in [5.41, 5.74) is 0.869. The molecule has 3 aromatic carbocycles. The van der Waals surface area contributed by atoms with Crippen molar-refractivity contribution in [2.45, 2.75) is 12.3 Å². The largest absolute Gasteiger partial charge is 0.508 e. The number of para-hydroxylation sites is 1. The van der Waals surface area contributed by atoms with E-state index >= 15 is 0 Å². The van der Waals surface area contributed by atoms with Crippen LogP contribution in [-0.2, 0) is 9.59 Å². The van der Waals surface area contributed by atoms with Crippen LogP contribution in [0.4, 0.5) is 0 Å². The molecule has 0 amide bonds. The van der Waals surface area contributed by atoms with E-state index in [9.17, 15) is 24.6 Å². The third kappa shape index (κ3) is 4.04. The average molecular weight is 474 g/mol. The van der Waals surface area contributed by atoms with Gasteiger partial charge in [-0.2, -0.15) is 0 Å². The van der Waals surface area contributed by atoms with E-state index in [1.54, 1.807) is 36.4 Å². The van der Waals surface area contributed by atoms with Crippen LogP contribution in [0, 0.1) is 0 Å². The minimum Gasteiger partial charge on any atom is -0.508 e. The van der Waals surface area contributed by atoms with Crippen LogP contribution in [0.5, 0.6) is 23.0 Å². The highest BCUT2D eigenvalue weighted by molar-refractivity contribution is 5.93. The monoisotopic (exact) mass is 474 g/mol. The van der Waals surface area contributed by atoms with Crippen molar-refractivity contribution >= 4 is 22.9 Å². The molecule has 35 heavy (non-hydrogen) atoms. The van der Waals surface area contributed by atoms with Gasteiger partial charge in [0.2, 0.25) is 0 Å². The third-order valence-electron chi connectivity index (χ3n) is 5.72. The number of phenols is 2. The first-order valence-electron chi connectivity index (χ1n) is 10.6. The van der Waals surface area contributed by atoms with Crippen molar-refractivity contribution in [3.8, 4) is 34.3 Å². The number of esters is 1. The summed E-state index contributed by atoms with van der Waals surface area (Å²) in [5.74, 6) is -2.37. The van der Waals surface area contributed by atoms with E-state index in [1.165, 1.54) is 24.3 Å². The van der Waals surface area contributed by atoms with Gasteiger partial charge >= 0.3 is 11.9 Å². The number of hydrogen-bond donors (Lipinski definition) is 3. The number of aliphatic carboxylic acids is 1. The van der Waals surface area contributed by atoms with E-state index in [0.717, 1.165) is 0 Å². The van der Waals surface area contributed by atoms with Gasteiger partial charge in [0.05, 0.1) is 6.42 Å². The van der Waals surface area contributed by atoms with Crippen LogP contribution in [0.1, 0.15) is 23.5 Å². The smallest absolute Gasteiger partial charge is 0.341 e. The summed E-state index contributed by atoms with van der Waals surface area (Å²) in [6.07, 6.45) is -0.131. The van der Waals surface area contributed by atoms with Crippen LogP contribution in [-0.4, -0.2) is 33.9 Å². The molecule has 0 saturated heterocycles.